The first-order valence-electron chi connectivity index (χ1n) is 10.6. The number of carboxylic acids is 1. The molecule has 2 aliphatic rings. The number of hydrogen-bond acceptors (Lipinski definition) is 4. The van der Waals surface area contributed by atoms with Crippen molar-refractivity contribution in [1.29, 1.82) is 0 Å². The van der Waals surface area contributed by atoms with Crippen LogP contribution in [0, 0.1) is 5.92 Å². The number of carboxylic acid groups (broad SMARTS) is 1. The summed E-state index contributed by atoms with van der Waals surface area (Å²) in [5.41, 5.74) is 2.61. The van der Waals surface area contributed by atoms with Gasteiger partial charge in [-0.3, -0.25) is 14.6 Å². The summed E-state index contributed by atoms with van der Waals surface area (Å²) < 4.78 is 0. The molecule has 2 fully saturated rings. The zero-order valence-electron chi connectivity index (χ0n) is 17.4. The smallest absolute Gasteiger partial charge is 0.303 e. The molecular formula is C23H35N3O2. The van der Waals surface area contributed by atoms with E-state index in [9.17, 15) is 9.90 Å². The van der Waals surface area contributed by atoms with E-state index in [4.69, 9.17) is 0 Å². The average Bonchev–Trinajstić information content (AvgIpc) is 2.68. The van der Waals surface area contributed by atoms with Gasteiger partial charge >= 0.3 is 5.97 Å². The van der Waals surface area contributed by atoms with Gasteiger partial charge in [-0.05, 0) is 44.8 Å². The number of aliphatic carboxylic acids is 1. The first kappa shape index (κ1) is 21.0. The van der Waals surface area contributed by atoms with Gasteiger partial charge in [-0.2, -0.15) is 0 Å². The molecule has 0 amide bonds. The van der Waals surface area contributed by atoms with E-state index in [-0.39, 0.29) is 6.42 Å². The molecule has 2 atom stereocenters. The van der Waals surface area contributed by atoms with Crippen LogP contribution in [0.1, 0.15) is 31.7 Å². The maximum Gasteiger partial charge on any atom is 0.303 e. The quantitative estimate of drug-likeness (QED) is 0.782. The monoisotopic (exact) mass is 385 g/mol. The molecular weight excluding hydrogens is 350 g/mol. The Morgan fingerprint density at radius 3 is 2.54 bits per heavy atom. The summed E-state index contributed by atoms with van der Waals surface area (Å²) >= 11 is 0. The van der Waals surface area contributed by atoms with Gasteiger partial charge < -0.3 is 10.0 Å². The number of nitrogens with zero attached hydrogens (tertiary/aromatic N) is 3. The van der Waals surface area contributed by atoms with E-state index in [0.29, 0.717) is 12.0 Å². The summed E-state index contributed by atoms with van der Waals surface area (Å²) in [6, 6.07) is 11.0. The fourth-order valence-corrected chi connectivity index (χ4v) is 4.70. The fourth-order valence-electron chi connectivity index (χ4n) is 4.70. The minimum atomic E-state index is -0.672. The molecule has 0 radical (unpaired) electrons. The molecule has 2 heterocycles. The summed E-state index contributed by atoms with van der Waals surface area (Å²) in [6.07, 6.45) is 4.47. The Labute approximate surface area is 169 Å². The molecule has 0 aromatic heterocycles. The zero-order valence-corrected chi connectivity index (χ0v) is 17.4. The lowest BCUT2D eigenvalue weighted by Gasteiger charge is -2.46. The molecule has 0 spiro atoms. The highest BCUT2D eigenvalue weighted by Gasteiger charge is 2.34. The Kier molecular flexibility index (Phi) is 7.65. The van der Waals surface area contributed by atoms with Gasteiger partial charge in [0.05, 0.1) is 0 Å². The maximum atomic E-state index is 11.2. The molecule has 5 heteroatoms. The normalized spacial score (nSPS) is 25.7. The van der Waals surface area contributed by atoms with Crippen LogP contribution in [0.5, 0.6) is 0 Å². The van der Waals surface area contributed by atoms with E-state index in [0.717, 1.165) is 58.7 Å². The highest BCUT2D eigenvalue weighted by Crippen LogP contribution is 2.27. The second kappa shape index (κ2) is 10.2. The Bertz CT molecular complexity index is 653. The van der Waals surface area contributed by atoms with Crippen molar-refractivity contribution in [2.45, 2.75) is 32.2 Å². The molecule has 1 aromatic rings. The Hall–Kier alpha value is -1.69. The lowest BCUT2D eigenvalue weighted by Crippen LogP contribution is -2.56. The van der Waals surface area contributed by atoms with E-state index >= 15 is 0 Å². The van der Waals surface area contributed by atoms with Gasteiger partial charge in [0.25, 0.3) is 0 Å². The van der Waals surface area contributed by atoms with Crippen LogP contribution in [0.2, 0.25) is 0 Å². The number of hydrogen-bond donors (Lipinski definition) is 1. The van der Waals surface area contributed by atoms with Crippen molar-refractivity contribution in [2.75, 3.05) is 52.9 Å². The molecule has 1 N–H and O–H groups in total. The fraction of sp³-hybridized carbons (Fsp3) is 0.609. The van der Waals surface area contributed by atoms with Gasteiger partial charge in [-0.1, -0.05) is 42.0 Å². The summed E-state index contributed by atoms with van der Waals surface area (Å²) in [5.74, 6) is -0.229. The molecule has 0 saturated carbocycles. The van der Waals surface area contributed by atoms with E-state index in [1.807, 2.05) is 6.07 Å². The predicted octanol–water partition coefficient (Wildman–Crippen LogP) is 2.89. The summed E-state index contributed by atoms with van der Waals surface area (Å²) in [4.78, 5) is 18.7. The molecule has 3 rings (SSSR count). The van der Waals surface area contributed by atoms with Gasteiger partial charge in [0.15, 0.2) is 0 Å². The second-order valence-electron chi connectivity index (χ2n) is 8.52. The molecule has 5 nitrogen and oxygen atoms in total. The molecule has 2 saturated heterocycles. The van der Waals surface area contributed by atoms with Crippen molar-refractivity contribution in [3.05, 3.63) is 41.5 Å². The van der Waals surface area contributed by atoms with Crippen LogP contribution < -0.4 is 0 Å². The molecule has 2 aliphatic heterocycles. The minimum absolute atomic E-state index is 0.279. The standard InChI is InChI=1S/C23H35N3O2/c1-19(16-20-6-4-3-5-7-20)17-25-11-10-22(21(18-25)8-9-23(27)28)26-14-12-24(2)13-15-26/h3-7,16,21-22H,8-15,17-18H2,1-2H3,(H,27,28)/b19-16+/t21-,22+/m1/s1. The molecule has 0 aliphatic carbocycles. The predicted molar refractivity (Wildman–Crippen MR) is 114 cm³/mol. The van der Waals surface area contributed by atoms with Crippen LogP contribution in [0.3, 0.4) is 0 Å². The van der Waals surface area contributed by atoms with Gasteiger partial charge in [0.2, 0.25) is 0 Å². The maximum absolute atomic E-state index is 11.2. The van der Waals surface area contributed by atoms with E-state index < -0.39 is 5.97 Å². The Morgan fingerprint density at radius 1 is 1.14 bits per heavy atom. The summed E-state index contributed by atoms with van der Waals surface area (Å²) in [6.45, 7) is 9.72. The van der Waals surface area contributed by atoms with Crippen molar-refractivity contribution in [3.63, 3.8) is 0 Å². The number of rotatable bonds is 7. The summed E-state index contributed by atoms with van der Waals surface area (Å²) in [7, 11) is 2.18. The second-order valence-corrected chi connectivity index (χ2v) is 8.52. The number of piperidine rings is 1. The van der Waals surface area contributed by atoms with E-state index in [2.05, 4.69) is 59.0 Å². The number of piperazine rings is 1. The number of benzene rings is 1. The average molecular weight is 386 g/mol. The van der Waals surface area contributed by atoms with Crippen LogP contribution in [-0.2, 0) is 4.79 Å². The molecule has 0 bridgehead atoms. The van der Waals surface area contributed by atoms with E-state index in [1.165, 1.54) is 11.1 Å². The van der Waals surface area contributed by atoms with Gasteiger partial charge in [0.1, 0.15) is 0 Å². The third-order valence-corrected chi connectivity index (χ3v) is 6.20. The topological polar surface area (TPSA) is 47.0 Å². The summed E-state index contributed by atoms with van der Waals surface area (Å²) in [5, 5.41) is 9.21. The van der Waals surface area contributed by atoms with Gasteiger partial charge in [0, 0.05) is 51.7 Å². The molecule has 154 valence electrons. The number of likely N-dealkylation sites (N-methyl/N-ethyl adjacent to an activating group) is 1. The third-order valence-electron chi connectivity index (χ3n) is 6.20. The Morgan fingerprint density at radius 2 is 1.86 bits per heavy atom. The van der Waals surface area contributed by atoms with Crippen molar-refractivity contribution < 1.29 is 9.90 Å². The third kappa shape index (κ3) is 6.16. The number of carbonyl (C=O) groups is 1. The van der Waals surface area contributed by atoms with Gasteiger partial charge in [-0.15, -0.1) is 0 Å². The van der Waals surface area contributed by atoms with Crippen molar-refractivity contribution in [2.24, 2.45) is 5.92 Å². The highest BCUT2D eigenvalue weighted by atomic mass is 16.4. The number of likely N-dealkylation sites (tertiary alicyclic amines) is 1. The van der Waals surface area contributed by atoms with E-state index in [1.54, 1.807) is 0 Å². The minimum Gasteiger partial charge on any atom is -0.481 e. The van der Waals surface area contributed by atoms with Crippen LogP contribution in [0.4, 0.5) is 0 Å². The molecule has 1 aromatic carbocycles. The first-order chi connectivity index (χ1) is 13.5. The van der Waals surface area contributed by atoms with Crippen molar-refractivity contribution in [1.82, 2.24) is 14.7 Å². The lowest BCUT2D eigenvalue weighted by molar-refractivity contribution is -0.137. The highest BCUT2D eigenvalue weighted by molar-refractivity contribution is 5.66. The Balaban J connectivity index is 1.61. The van der Waals surface area contributed by atoms with Gasteiger partial charge in [-0.25, -0.2) is 0 Å². The van der Waals surface area contributed by atoms with Crippen LogP contribution in [0.15, 0.2) is 35.9 Å². The first-order valence-corrected chi connectivity index (χ1v) is 10.6. The SMILES string of the molecule is C/C(=C\c1ccccc1)CN1CC[C@H](N2CCN(C)CC2)[C@H](CCC(=O)O)C1. The molecule has 0 unspecified atom stereocenters. The van der Waals surface area contributed by atoms with Crippen LogP contribution in [0.25, 0.3) is 6.08 Å². The lowest BCUT2D eigenvalue weighted by atomic mass is 9.86. The van der Waals surface area contributed by atoms with Crippen LogP contribution >= 0.6 is 0 Å². The van der Waals surface area contributed by atoms with Crippen LogP contribution in [-0.4, -0.2) is 84.7 Å². The molecule has 28 heavy (non-hydrogen) atoms. The van der Waals surface area contributed by atoms with Crippen molar-refractivity contribution >= 4 is 12.0 Å². The largest absolute Gasteiger partial charge is 0.481 e. The zero-order chi connectivity index (χ0) is 19.9. The van der Waals surface area contributed by atoms with Crippen molar-refractivity contribution in [3.8, 4) is 0 Å².